The van der Waals surface area contributed by atoms with Crippen molar-refractivity contribution in [1.29, 1.82) is 0 Å². The van der Waals surface area contributed by atoms with E-state index in [1.165, 1.54) is 18.9 Å². The molecule has 0 atom stereocenters. The molecule has 0 saturated heterocycles. The lowest BCUT2D eigenvalue weighted by molar-refractivity contribution is 0.0267. The lowest BCUT2D eigenvalue weighted by atomic mass is 10.1. The highest BCUT2D eigenvalue weighted by atomic mass is 35.5. The van der Waals surface area contributed by atoms with E-state index in [0.29, 0.717) is 0 Å². The SMILES string of the molecule is O=C(OC1CCCCCC1)c1cc(Cl)nnc1Cl. The van der Waals surface area contributed by atoms with Crippen LogP contribution in [0.4, 0.5) is 0 Å². The number of halogens is 2. The van der Waals surface area contributed by atoms with Crippen LogP contribution in [-0.2, 0) is 4.74 Å². The summed E-state index contributed by atoms with van der Waals surface area (Å²) >= 11 is 11.5. The molecule has 0 amide bonds. The number of aromatic nitrogens is 2. The van der Waals surface area contributed by atoms with Gasteiger partial charge in [-0.3, -0.25) is 0 Å². The van der Waals surface area contributed by atoms with E-state index in [0.717, 1.165) is 25.7 Å². The smallest absolute Gasteiger partial charge is 0.341 e. The van der Waals surface area contributed by atoms with Gasteiger partial charge in [0.1, 0.15) is 11.7 Å². The van der Waals surface area contributed by atoms with Gasteiger partial charge in [0.2, 0.25) is 0 Å². The first-order valence-corrected chi connectivity index (χ1v) is 6.82. The Kier molecular flexibility index (Phi) is 4.78. The highest BCUT2D eigenvalue weighted by Gasteiger charge is 2.20. The van der Waals surface area contributed by atoms with E-state index in [2.05, 4.69) is 10.2 Å². The highest BCUT2D eigenvalue weighted by Crippen LogP contribution is 2.23. The number of nitrogens with zero attached hydrogens (tertiary/aromatic N) is 2. The number of hydrogen-bond donors (Lipinski definition) is 0. The minimum Gasteiger partial charge on any atom is -0.459 e. The zero-order chi connectivity index (χ0) is 13.0. The molecule has 18 heavy (non-hydrogen) atoms. The summed E-state index contributed by atoms with van der Waals surface area (Å²) in [6.07, 6.45) is 6.41. The Morgan fingerprint density at radius 3 is 2.50 bits per heavy atom. The molecule has 0 unspecified atom stereocenters. The maximum Gasteiger partial charge on any atom is 0.341 e. The third-order valence-corrected chi connectivity index (χ3v) is 3.48. The number of carbonyl (C=O) groups is 1. The van der Waals surface area contributed by atoms with Crippen LogP contribution in [0.25, 0.3) is 0 Å². The first-order chi connectivity index (χ1) is 8.66. The van der Waals surface area contributed by atoms with Crippen molar-refractivity contribution in [3.63, 3.8) is 0 Å². The van der Waals surface area contributed by atoms with Crippen LogP contribution >= 0.6 is 23.2 Å². The van der Waals surface area contributed by atoms with Crippen molar-refractivity contribution in [1.82, 2.24) is 10.2 Å². The number of rotatable bonds is 2. The lowest BCUT2D eigenvalue weighted by Gasteiger charge is -2.15. The van der Waals surface area contributed by atoms with Gasteiger partial charge in [-0.1, -0.05) is 36.0 Å². The summed E-state index contributed by atoms with van der Waals surface area (Å²) in [7, 11) is 0. The van der Waals surface area contributed by atoms with Crippen molar-refractivity contribution in [3.8, 4) is 0 Å². The molecule has 1 saturated carbocycles. The molecule has 0 radical (unpaired) electrons. The van der Waals surface area contributed by atoms with Crippen LogP contribution in [0.3, 0.4) is 0 Å². The third-order valence-electron chi connectivity index (χ3n) is 3.01. The van der Waals surface area contributed by atoms with Crippen molar-refractivity contribution in [2.45, 2.75) is 44.6 Å². The second-order valence-electron chi connectivity index (χ2n) is 4.39. The Labute approximate surface area is 116 Å². The van der Waals surface area contributed by atoms with E-state index in [1.54, 1.807) is 0 Å². The number of hydrogen-bond acceptors (Lipinski definition) is 4. The molecule has 6 heteroatoms. The summed E-state index contributed by atoms with van der Waals surface area (Å²) in [4.78, 5) is 12.0. The van der Waals surface area contributed by atoms with E-state index >= 15 is 0 Å². The lowest BCUT2D eigenvalue weighted by Crippen LogP contribution is -2.18. The summed E-state index contributed by atoms with van der Waals surface area (Å²) in [5, 5.41) is 7.31. The molecule has 98 valence electrons. The largest absolute Gasteiger partial charge is 0.459 e. The van der Waals surface area contributed by atoms with Crippen molar-refractivity contribution < 1.29 is 9.53 Å². The van der Waals surface area contributed by atoms with Crippen LogP contribution in [-0.4, -0.2) is 22.3 Å². The zero-order valence-corrected chi connectivity index (χ0v) is 11.4. The summed E-state index contributed by atoms with van der Waals surface area (Å²) < 4.78 is 5.44. The average Bonchev–Trinajstić information content (AvgIpc) is 2.61. The molecular weight excluding hydrogens is 275 g/mol. The summed E-state index contributed by atoms with van der Waals surface area (Å²) in [6, 6.07) is 1.38. The average molecular weight is 289 g/mol. The Hall–Kier alpha value is -0.870. The molecule has 0 spiro atoms. The maximum atomic E-state index is 12.0. The molecule has 0 bridgehead atoms. The van der Waals surface area contributed by atoms with E-state index in [4.69, 9.17) is 27.9 Å². The molecule has 2 rings (SSSR count). The molecule has 1 aromatic heterocycles. The van der Waals surface area contributed by atoms with Gasteiger partial charge >= 0.3 is 5.97 Å². The number of esters is 1. The van der Waals surface area contributed by atoms with Gasteiger partial charge in [0.15, 0.2) is 10.3 Å². The van der Waals surface area contributed by atoms with E-state index in [1.807, 2.05) is 0 Å². The van der Waals surface area contributed by atoms with Crippen molar-refractivity contribution in [3.05, 3.63) is 21.9 Å². The van der Waals surface area contributed by atoms with Gasteiger partial charge < -0.3 is 4.74 Å². The fourth-order valence-corrected chi connectivity index (χ4v) is 2.39. The Balaban J connectivity index is 2.04. The zero-order valence-electron chi connectivity index (χ0n) is 9.86. The van der Waals surface area contributed by atoms with Crippen molar-refractivity contribution in [2.24, 2.45) is 0 Å². The van der Waals surface area contributed by atoms with Crippen LogP contribution in [0.5, 0.6) is 0 Å². The van der Waals surface area contributed by atoms with Crippen LogP contribution < -0.4 is 0 Å². The van der Waals surface area contributed by atoms with E-state index < -0.39 is 5.97 Å². The Morgan fingerprint density at radius 1 is 1.17 bits per heavy atom. The van der Waals surface area contributed by atoms with Gasteiger partial charge in [0.05, 0.1) is 0 Å². The molecule has 1 aliphatic rings. The van der Waals surface area contributed by atoms with Gasteiger partial charge in [-0.2, -0.15) is 0 Å². The second-order valence-corrected chi connectivity index (χ2v) is 5.14. The number of carbonyl (C=O) groups excluding carboxylic acids is 1. The van der Waals surface area contributed by atoms with Crippen molar-refractivity contribution >= 4 is 29.2 Å². The second kappa shape index (κ2) is 6.34. The third kappa shape index (κ3) is 3.56. The molecule has 1 aliphatic carbocycles. The van der Waals surface area contributed by atoms with E-state index in [-0.39, 0.29) is 22.0 Å². The van der Waals surface area contributed by atoms with Gasteiger partial charge in [-0.05, 0) is 31.7 Å². The normalized spacial score (nSPS) is 17.2. The fraction of sp³-hybridized carbons (Fsp3) is 0.583. The summed E-state index contributed by atoms with van der Waals surface area (Å²) in [6.45, 7) is 0. The van der Waals surface area contributed by atoms with E-state index in [9.17, 15) is 4.79 Å². The molecule has 1 heterocycles. The molecule has 0 aliphatic heterocycles. The first-order valence-electron chi connectivity index (χ1n) is 6.06. The molecule has 0 N–H and O–H groups in total. The topological polar surface area (TPSA) is 52.1 Å². The fourth-order valence-electron chi connectivity index (χ4n) is 2.07. The quantitative estimate of drug-likeness (QED) is 0.616. The standard InChI is InChI=1S/C12H14Cl2N2O2/c13-10-7-9(11(14)16-15-10)12(17)18-8-5-3-1-2-4-6-8/h7-8H,1-6H2. The Morgan fingerprint density at radius 2 is 1.83 bits per heavy atom. The number of ether oxygens (including phenoxy) is 1. The Bertz CT molecular complexity index is 432. The molecule has 4 nitrogen and oxygen atoms in total. The van der Waals surface area contributed by atoms with Crippen LogP contribution in [0.1, 0.15) is 48.9 Å². The molecule has 1 fully saturated rings. The first kappa shape index (κ1) is 13.6. The predicted molar refractivity (Wildman–Crippen MR) is 69.0 cm³/mol. The molecular formula is C12H14Cl2N2O2. The predicted octanol–water partition coefficient (Wildman–Crippen LogP) is 3.66. The summed E-state index contributed by atoms with van der Waals surface area (Å²) in [5.41, 5.74) is 0.181. The molecule has 1 aromatic rings. The minimum atomic E-state index is -0.469. The van der Waals surface area contributed by atoms with Gasteiger partial charge in [-0.25, -0.2) is 4.79 Å². The summed E-state index contributed by atoms with van der Waals surface area (Å²) in [5.74, 6) is -0.469. The van der Waals surface area contributed by atoms with Crippen molar-refractivity contribution in [2.75, 3.05) is 0 Å². The van der Waals surface area contributed by atoms with Crippen LogP contribution in [0.2, 0.25) is 10.3 Å². The van der Waals surface area contributed by atoms with Gasteiger partial charge in [-0.15, -0.1) is 10.2 Å². The van der Waals surface area contributed by atoms with Gasteiger partial charge in [0, 0.05) is 0 Å². The molecule has 0 aromatic carbocycles. The monoisotopic (exact) mass is 288 g/mol. The van der Waals surface area contributed by atoms with Gasteiger partial charge in [0.25, 0.3) is 0 Å². The highest BCUT2D eigenvalue weighted by molar-refractivity contribution is 6.33. The maximum absolute atomic E-state index is 12.0. The van der Waals surface area contributed by atoms with Crippen LogP contribution in [0, 0.1) is 0 Å². The van der Waals surface area contributed by atoms with Crippen LogP contribution in [0.15, 0.2) is 6.07 Å². The minimum absolute atomic E-state index is 0.0250.